The van der Waals surface area contributed by atoms with Gasteiger partial charge < -0.3 is 25.0 Å². The van der Waals surface area contributed by atoms with Gasteiger partial charge in [0, 0.05) is 27.3 Å². The summed E-state index contributed by atoms with van der Waals surface area (Å²) in [6.07, 6.45) is 4.61. The van der Waals surface area contributed by atoms with Crippen LogP contribution in [0.2, 0.25) is 0 Å². The molecule has 1 fully saturated rings. The molecule has 0 aliphatic heterocycles. The van der Waals surface area contributed by atoms with Crippen molar-refractivity contribution in [3.8, 4) is 11.5 Å². The molecular formula is C36H42N2O6S. The highest BCUT2D eigenvalue weighted by Gasteiger charge is 2.26. The molecule has 45 heavy (non-hydrogen) atoms. The van der Waals surface area contributed by atoms with Gasteiger partial charge in [-0.1, -0.05) is 64.7 Å². The molecule has 0 spiro atoms. The number of nitrogens with one attached hydrogen (secondary N) is 1. The van der Waals surface area contributed by atoms with Gasteiger partial charge in [-0.05, 0) is 71.2 Å². The minimum atomic E-state index is -0.991. The normalized spacial score (nSPS) is 15.2. The number of methoxy groups -OCH3 is 1. The monoisotopic (exact) mass is 630 g/mol. The SMILES string of the molecule is COC(=O)[C@H](Cc1ccc(C(O)CO)s1)NC(=O)c1cc2ccc(Oc3ccc(C(C)(C)C)cc3)cc2c(CC2CCCC2)n1. The van der Waals surface area contributed by atoms with Crippen LogP contribution in [0.15, 0.2) is 60.7 Å². The first-order valence-electron chi connectivity index (χ1n) is 15.5. The molecule has 8 nitrogen and oxygen atoms in total. The molecule has 5 rings (SSSR count). The van der Waals surface area contributed by atoms with E-state index in [2.05, 4.69) is 38.2 Å². The number of esters is 1. The zero-order chi connectivity index (χ0) is 32.1. The number of pyridine rings is 1. The van der Waals surface area contributed by atoms with Gasteiger partial charge in [-0.2, -0.15) is 0 Å². The maximum atomic E-state index is 13.6. The van der Waals surface area contributed by atoms with E-state index in [1.807, 2.05) is 30.3 Å². The highest BCUT2D eigenvalue weighted by Crippen LogP contribution is 2.33. The molecule has 0 saturated heterocycles. The van der Waals surface area contributed by atoms with E-state index in [9.17, 15) is 19.8 Å². The molecule has 1 amide bonds. The fourth-order valence-electron chi connectivity index (χ4n) is 5.82. The summed E-state index contributed by atoms with van der Waals surface area (Å²) in [5, 5.41) is 23.9. The quantitative estimate of drug-likeness (QED) is 0.159. The maximum Gasteiger partial charge on any atom is 0.328 e. The number of fused-ring (bicyclic) bond motifs is 1. The van der Waals surface area contributed by atoms with Gasteiger partial charge in [0.1, 0.15) is 29.3 Å². The van der Waals surface area contributed by atoms with E-state index in [1.54, 1.807) is 18.2 Å². The second-order valence-electron chi connectivity index (χ2n) is 12.8. The molecule has 1 aliphatic carbocycles. The fraction of sp³-hybridized carbons (Fsp3) is 0.417. The molecule has 0 radical (unpaired) electrons. The number of nitrogens with zero attached hydrogens (tertiary/aromatic N) is 1. The molecule has 2 aromatic carbocycles. The van der Waals surface area contributed by atoms with E-state index in [4.69, 9.17) is 14.5 Å². The number of ether oxygens (including phenoxy) is 2. The summed E-state index contributed by atoms with van der Waals surface area (Å²) in [7, 11) is 1.28. The molecule has 2 aromatic heterocycles. The van der Waals surface area contributed by atoms with Gasteiger partial charge in [0.15, 0.2) is 0 Å². The van der Waals surface area contributed by atoms with Gasteiger partial charge in [-0.3, -0.25) is 4.79 Å². The Labute approximate surface area is 268 Å². The van der Waals surface area contributed by atoms with Crippen molar-refractivity contribution in [3.63, 3.8) is 0 Å². The second kappa shape index (κ2) is 14.1. The number of rotatable bonds is 11. The van der Waals surface area contributed by atoms with Crippen LogP contribution in [0.5, 0.6) is 11.5 Å². The number of hydrogen-bond donors (Lipinski definition) is 3. The van der Waals surface area contributed by atoms with Crippen molar-refractivity contribution in [2.75, 3.05) is 13.7 Å². The molecule has 2 heterocycles. The van der Waals surface area contributed by atoms with Crippen molar-refractivity contribution in [2.24, 2.45) is 5.92 Å². The summed E-state index contributed by atoms with van der Waals surface area (Å²) in [5.74, 6) is 0.904. The van der Waals surface area contributed by atoms with Crippen LogP contribution in [0.1, 0.15) is 84.1 Å². The van der Waals surface area contributed by atoms with Crippen LogP contribution >= 0.6 is 11.3 Å². The molecule has 1 saturated carbocycles. The predicted molar refractivity (Wildman–Crippen MR) is 176 cm³/mol. The molecule has 1 unspecified atom stereocenters. The summed E-state index contributed by atoms with van der Waals surface area (Å²) in [6.45, 7) is 6.15. The lowest BCUT2D eigenvalue weighted by atomic mass is 9.87. The molecule has 0 bridgehead atoms. The van der Waals surface area contributed by atoms with E-state index < -0.39 is 30.6 Å². The highest BCUT2D eigenvalue weighted by atomic mass is 32.1. The van der Waals surface area contributed by atoms with Crippen LogP contribution in [0.4, 0.5) is 0 Å². The summed E-state index contributed by atoms with van der Waals surface area (Å²) < 4.78 is 11.2. The smallest absolute Gasteiger partial charge is 0.328 e. The van der Waals surface area contributed by atoms with Crippen molar-refractivity contribution in [3.05, 3.63) is 87.4 Å². The van der Waals surface area contributed by atoms with Crippen LogP contribution in [0.3, 0.4) is 0 Å². The Morgan fingerprint density at radius 1 is 1.02 bits per heavy atom. The number of aliphatic hydroxyl groups is 2. The minimum Gasteiger partial charge on any atom is -0.467 e. The predicted octanol–water partition coefficient (Wildman–Crippen LogP) is 6.66. The third-order valence-corrected chi connectivity index (χ3v) is 9.62. The molecule has 9 heteroatoms. The molecule has 4 aromatic rings. The molecule has 3 N–H and O–H groups in total. The van der Waals surface area contributed by atoms with Crippen molar-refractivity contribution in [1.82, 2.24) is 10.3 Å². The Bertz CT molecular complexity index is 1640. The summed E-state index contributed by atoms with van der Waals surface area (Å²) in [5.41, 5.74) is 2.37. The highest BCUT2D eigenvalue weighted by molar-refractivity contribution is 7.12. The van der Waals surface area contributed by atoms with Crippen LogP contribution in [-0.2, 0) is 27.8 Å². The Morgan fingerprint density at radius 2 is 1.73 bits per heavy atom. The summed E-state index contributed by atoms with van der Waals surface area (Å²) >= 11 is 1.27. The lowest BCUT2D eigenvalue weighted by Crippen LogP contribution is -2.43. The first-order chi connectivity index (χ1) is 21.5. The lowest BCUT2D eigenvalue weighted by Gasteiger charge is -2.19. The fourth-order valence-corrected chi connectivity index (χ4v) is 6.86. The van der Waals surface area contributed by atoms with Gasteiger partial charge in [-0.15, -0.1) is 11.3 Å². The summed E-state index contributed by atoms with van der Waals surface area (Å²) in [4.78, 5) is 32.5. The first-order valence-corrected chi connectivity index (χ1v) is 16.3. The number of carbonyl (C=O) groups excluding carboxylic acids is 2. The number of benzene rings is 2. The zero-order valence-electron chi connectivity index (χ0n) is 26.3. The Hall–Kier alpha value is -3.79. The second-order valence-corrected chi connectivity index (χ2v) is 14.0. The maximum absolute atomic E-state index is 13.6. The van der Waals surface area contributed by atoms with E-state index in [-0.39, 0.29) is 17.5 Å². The van der Waals surface area contributed by atoms with Crippen molar-refractivity contribution >= 4 is 34.0 Å². The number of carbonyl (C=O) groups is 2. The van der Waals surface area contributed by atoms with Gasteiger partial charge in [0.25, 0.3) is 5.91 Å². The van der Waals surface area contributed by atoms with Gasteiger partial charge in [-0.25, -0.2) is 9.78 Å². The third-order valence-electron chi connectivity index (χ3n) is 8.41. The van der Waals surface area contributed by atoms with E-state index >= 15 is 0 Å². The summed E-state index contributed by atoms with van der Waals surface area (Å²) in [6, 6.07) is 18.3. The van der Waals surface area contributed by atoms with Crippen molar-refractivity contribution in [1.29, 1.82) is 0 Å². The minimum absolute atomic E-state index is 0.0561. The Balaban J connectivity index is 1.41. The zero-order valence-corrected chi connectivity index (χ0v) is 27.2. The number of amides is 1. The van der Waals surface area contributed by atoms with Crippen LogP contribution in [0, 0.1) is 5.92 Å². The van der Waals surface area contributed by atoms with E-state index in [1.165, 1.54) is 36.9 Å². The topological polar surface area (TPSA) is 118 Å². The lowest BCUT2D eigenvalue weighted by molar-refractivity contribution is -0.142. The number of aromatic nitrogens is 1. The van der Waals surface area contributed by atoms with Gasteiger partial charge >= 0.3 is 5.97 Å². The van der Waals surface area contributed by atoms with Gasteiger partial charge in [0.05, 0.1) is 13.7 Å². The number of thiophene rings is 1. The van der Waals surface area contributed by atoms with Crippen molar-refractivity contribution in [2.45, 2.75) is 76.9 Å². The molecule has 1 aliphatic rings. The van der Waals surface area contributed by atoms with Crippen LogP contribution < -0.4 is 10.1 Å². The molecule has 238 valence electrons. The third kappa shape index (κ3) is 8.09. The van der Waals surface area contributed by atoms with Crippen LogP contribution in [-0.4, -0.2) is 46.8 Å². The Morgan fingerprint density at radius 3 is 2.40 bits per heavy atom. The molecule has 2 atom stereocenters. The average molecular weight is 631 g/mol. The first kappa shape index (κ1) is 32.6. The van der Waals surface area contributed by atoms with Gasteiger partial charge in [0.2, 0.25) is 0 Å². The van der Waals surface area contributed by atoms with Crippen molar-refractivity contribution < 1.29 is 29.3 Å². The average Bonchev–Trinajstić information content (AvgIpc) is 3.72. The number of hydrogen-bond acceptors (Lipinski definition) is 8. The Kier molecular flexibility index (Phi) is 10.2. The van der Waals surface area contributed by atoms with E-state index in [0.717, 1.165) is 46.4 Å². The standard InChI is InChI=1S/C36H42N2O6S/c1-36(2,3)24-10-13-25(14-11-24)44-26-12-9-23-18-30(37-29(28(23)19-26)17-22-7-5-6-8-22)34(41)38-31(35(42)43-4)20-27-15-16-33(45-27)32(40)21-39/h9-16,18-19,22,31-32,39-40H,5-8,17,20-21H2,1-4H3,(H,38,41)/t31-,32?/m0/s1. The van der Waals surface area contributed by atoms with E-state index in [0.29, 0.717) is 16.5 Å². The molecular weight excluding hydrogens is 588 g/mol. The van der Waals surface area contributed by atoms with Crippen LogP contribution in [0.25, 0.3) is 10.8 Å². The number of aliphatic hydroxyl groups excluding tert-OH is 2. The largest absolute Gasteiger partial charge is 0.467 e.